The van der Waals surface area contributed by atoms with Crippen molar-refractivity contribution in [2.75, 3.05) is 18.9 Å². The highest BCUT2D eigenvalue weighted by Crippen LogP contribution is 2.39. The van der Waals surface area contributed by atoms with Crippen LogP contribution >= 0.6 is 0 Å². The molecule has 0 amide bonds. The number of aryl methyl sites for hydroxylation is 1. The van der Waals surface area contributed by atoms with Gasteiger partial charge in [-0.05, 0) is 0 Å². The van der Waals surface area contributed by atoms with Gasteiger partial charge in [-0.1, -0.05) is 0 Å². The number of anilines is 1. The first-order valence-electron chi connectivity index (χ1n) is 5.58. The molecule has 0 bridgehead atoms. The summed E-state index contributed by atoms with van der Waals surface area (Å²) >= 11 is 0. The Morgan fingerprint density at radius 2 is 2.00 bits per heavy atom. The largest absolute Gasteiger partial charge is 0.486 e. The molecule has 0 saturated carbocycles. The molecular formula is C12H13N3O3. The number of nitrogens with zero attached hydrogens (tertiary/aromatic N) is 2. The van der Waals surface area contributed by atoms with Crippen molar-refractivity contribution in [3.05, 3.63) is 24.5 Å². The van der Waals surface area contributed by atoms with E-state index in [2.05, 4.69) is 5.10 Å². The Morgan fingerprint density at radius 3 is 2.67 bits per heavy atom. The zero-order valence-corrected chi connectivity index (χ0v) is 9.92. The molecule has 3 rings (SSSR count). The Bertz CT molecular complexity index is 580. The van der Waals surface area contributed by atoms with Crippen LogP contribution in [-0.4, -0.2) is 23.0 Å². The molecule has 0 spiro atoms. The Hall–Kier alpha value is -2.37. The SMILES string of the molecule is Cn1cc(Oc2cc3c(cc2N)OCCO3)cn1. The number of nitrogen functional groups attached to an aromatic ring is 1. The second-order valence-electron chi connectivity index (χ2n) is 3.99. The van der Waals surface area contributed by atoms with Crippen LogP contribution in [0.4, 0.5) is 5.69 Å². The van der Waals surface area contributed by atoms with Crippen LogP contribution in [0.1, 0.15) is 0 Å². The number of nitrogens with two attached hydrogens (primary N) is 1. The summed E-state index contributed by atoms with van der Waals surface area (Å²) in [6.45, 7) is 1.07. The van der Waals surface area contributed by atoms with Crippen molar-refractivity contribution >= 4 is 5.69 Å². The first-order chi connectivity index (χ1) is 8.72. The van der Waals surface area contributed by atoms with Crippen molar-refractivity contribution < 1.29 is 14.2 Å². The third-order valence-electron chi connectivity index (χ3n) is 2.58. The van der Waals surface area contributed by atoms with Gasteiger partial charge in [-0.15, -0.1) is 0 Å². The van der Waals surface area contributed by atoms with E-state index in [9.17, 15) is 0 Å². The average Bonchev–Trinajstić information content (AvgIpc) is 2.76. The normalized spacial score (nSPS) is 13.4. The van der Waals surface area contributed by atoms with Gasteiger partial charge in [-0.3, -0.25) is 4.68 Å². The summed E-state index contributed by atoms with van der Waals surface area (Å²) in [5, 5.41) is 4.02. The fourth-order valence-corrected chi connectivity index (χ4v) is 1.75. The maximum absolute atomic E-state index is 5.91. The molecule has 2 N–H and O–H groups in total. The van der Waals surface area contributed by atoms with Crippen molar-refractivity contribution in [3.63, 3.8) is 0 Å². The summed E-state index contributed by atoms with van der Waals surface area (Å²) in [5.74, 6) is 2.46. The number of hydrogen-bond acceptors (Lipinski definition) is 5. The van der Waals surface area contributed by atoms with E-state index >= 15 is 0 Å². The third kappa shape index (κ3) is 1.92. The highest BCUT2D eigenvalue weighted by molar-refractivity contribution is 5.63. The Morgan fingerprint density at radius 1 is 1.28 bits per heavy atom. The maximum atomic E-state index is 5.91. The molecular weight excluding hydrogens is 234 g/mol. The van der Waals surface area contributed by atoms with Crippen molar-refractivity contribution in [2.45, 2.75) is 0 Å². The predicted molar refractivity (Wildman–Crippen MR) is 65.1 cm³/mol. The van der Waals surface area contributed by atoms with Gasteiger partial charge in [0.2, 0.25) is 0 Å². The van der Waals surface area contributed by atoms with Crippen molar-refractivity contribution in [1.29, 1.82) is 0 Å². The lowest BCUT2D eigenvalue weighted by Crippen LogP contribution is -2.15. The molecule has 0 radical (unpaired) electrons. The quantitative estimate of drug-likeness (QED) is 0.815. The summed E-state index contributed by atoms with van der Waals surface area (Å²) < 4.78 is 18.2. The fourth-order valence-electron chi connectivity index (χ4n) is 1.75. The smallest absolute Gasteiger partial charge is 0.165 e. The molecule has 2 heterocycles. The van der Waals surface area contributed by atoms with Crippen LogP contribution in [0.2, 0.25) is 0 Å². The molecule has 1 aliphatic rings. The standard InChI is InChI=1S/C12H13N3O3/c1-15-7-8(6-14-15)18-10-5-12-11(4-9(10)13)16-2-3-17-12/h4-7H,2-3,13H2,1H3. The first kappa shape index (κ1) is 10.8. The molecule has 0 aliphatic carbocycles. The van der Waals surface area contributed by atoms with E-state index in [-0.39, 0.29) is 0 Å². The lowest BCUT2D eigenvalue weighted by atomic mass is 10.2. The minimum Gasteiger partial charge on any atom is -0.486 e. The molecule has 1 aromatic heterocycles. The highest BCUT2D eigenvalue weighted by Gasteiger charge is 2.16. The second kappa shape index (κ2) is 4.14. The second-order valence-corrected chi connectivity index (χ2v) is 3.99. The first-order valence-corrected chi connectivity index (χ1v) is 5.58. The summed E-state index contributed by atoms with van der Waals surface area (Å²) in [6, 6.07) is 3.44. The van der Waals surface area contributed by atoms with Gasteiger partial charge in [-0.2, -0.15) is 5.10 Å². The van der Waals surface area contributed by atoms with Gasteiger partial charge in [0.1, 0.15) is 13.2 Å². The zero-order chi connectivity index (χ0) is 12.5. The predicted octanol–water partition coefficient (Wildman–Crippen LogP) is 1.57. The molecule has 1 aromatic carbocycles. The average molecular weight is 247 g/mol. The fraction of sp³-hybridized carbons (Fsp3) is 0.250. The van der Waals surface area contributed by atoms with Gasteiger partial charge in [0.25, 0.3) is 0 Å². The van der Waals surface area contributed by atoms with E-state index in [1.807, 2.05) is 7.05 Å². The minimum atomic E-state index is 0.503. The van der Waals surface area contributed by atoms with Crippen LogP contribution in [0.5, 0.6) is 23.0 Å². The molecule has 2 aromatic rings. The van der Waals surface area contributed by atoms with Gasteiger partial charge in [-0.25, -0.2) is 0 Å². The van der Waals surface area contributed by atoms with Crippen molar-refractivity contribution in [1.82, 2.24) is 9.78 Å². The molecule has 0 fully saturated rings. The molecule has 1 aliphatic heterocycles. The summed E-state index contributed by atoms with van der Waals surface area (Å²) in [7, 11) is 1.82. The number of aromatic nitrogens is 2. The van der Waals surface area contributed by atoms with E-state index in [4.69, 9.17) is 19.9 Å². The van der Waals surface area contributed by atoms with Gasteiger partial charge in [0, 0.05) is 19.2 Å². The van der Waals surface area contributed by atoms with E-state index in [1.54, 1.807) is 29.2 Å². The van der Waals surface area contributed by atoms with E-state index in [0.717, 1.165) is 0 Å². The molecule has 6 nitrogen and oxygen atoms in total. The Balaban J connectivity index is 1.92. The summed E-state index contributed by atoms with van der Waals surface area (Å²) in [4.78, 5) is 0. The van der Waals surface area contributed by atoms with Gasteiger partial charge in [0.15, 0.2) is 23.0 Å². The van der Waals surface area contributed by atoms with Crippen LogP contribution in [0.15, 0.2) is 24.5 Å². The molecule has 0 atom stereocenters. The lowest BCUT2D eigenvalue weighted by Gasteiger charge is -2.19. The monoisotopic (exact) mass is 247 g/mol. The molecule has 6 heteroatoms. The van der Waals surface area contributed by atoms with E-state index < -0.39 is 0 Å². The highest BCUT2D eigenvalue weighted by atomic mass is 16.6. The molecule has 18 heavy (non-hydrogen) atoms. The molecule has 94 valence electrons. The van der Waals surface area contributed by atoms with Crippen molar-refractivity contribution in [2.24, 2.45) is 7.05 Å². The number of hydrogen-bond donors (Lipinski definition) is 1. The van der Waals surface area contributed by atoms with Crippen LogP contribution in [0, 0.1) is 0 Å². The minimum absolute atomic E-state index is 0.503. The van der Waals surface area contributed by atoms with Crippen LogP contribution < -0.4 is 19.9 Å². The van der Waals surface area contributed by atoms with Crippen molar-refractivity contribution in [3.8, 4) is 23.0 Å². The van der Waals surface area contributed by atoms with Crippen LogP contribution in [0.3, 0.4) is 0 Å². The Labute approximate surface area is 104 Å². The summed E-state index contributed by atoms with van der Waals surface area (Å²) in [6.07, 6.45) is 3.38. The van der Waals surface area contributed by atoms with Gasteiger partial charge in [0.05, 0.1) is 18.1 Å². The van der Waals surface area contributed by atoms with Crippen LogP contribution in [0.25, 0.3) is 0 Å². The molecule has 0 saturated heterocycles. The topological polar surface area (TPSA) is 71.5 Å². The number of benzene rings is 1. The zero-order valence-electron chi connectivity index (χ0n) is 9.92. The van der Waals surface area contributed by atoms with Gasteiger partial charge >= 0.3 is 0 Å². The Kier molecular flexibility index (Phi) is 2.47. The number of ether oxygens (including phenoxy) is 3. The number of rotatable bonds is 2. The third-order valence-corrected chi connectivity index (χ3v) is 2.58. The summed E-state index contributed by atoms with van der Waals surface area (Å²) in [5.41, 5.74) is 6.41. The molecule has 0 unspecified atom stereocenters. The maximum Gasteiger partial charge on any atom is 0.165 e. The number of fused-ring (bicyclic) bond motifs is 1. The van der Waals surface area contributed by atoms with E-state index in [0.29, 0.717) is 41.9 Å². The van der Waals surface area contributed by atoms with Crippen LogP contribution in [-0.2, 0) is 7.05 Å². The van der Waals surface area contributed by atoms with E-state index in [1.165, 1.54) is 0 Å². The van der Waals surface area contributed by atoms with Gasteiger partial charge < -0.3 is 19.9 Å². The lowest BCUT2D eigenvalue weighted by molar-refractivity contribution is 0.171.